The maximum absolute atomic E-state index is 12.6. The van der Waals surface area contributed by atoms with Crippen LogP contribution in [-0.4, -0.2) is 11.0 Å². The fraction of sp³-hybridized carbons (Fsp3) is 0.450. The predicted molar refractivity (Wildman–Crippen MR) is 96.2 cm³/mol. The SMILES string of the molecule is C=C1/C=C\[C@@H](C(C)C)CCC(=O)C(Sc2ccccc2)CC1. The van der Waals surface area contributed by atoms with Gasteiger partial charge < -0.3 is 0 Å². The van der Waals surface area contributed by atoms with Crippen molar-refractivity contribution in [3.8, 4) is 0 Å². The first-order chi connectivity index (χ1) is 10.6. The van der Waals surface area contributed by atoms with Crippen LogP contribution in [0, 0.1) is 11.8 Å². The van der Waals surface area contributed by atoms with Crippen LogP contribution < -0.4 is 0 Å². The van der Waals surface area contributed by atoms with Gasteiger partial charge in [-0.1, -0.05) is 56.4 Å². The van der Waals surface area contributed by atoms with E-state index in [4.69, 9.17) is 0 Å². The van der Waals surface area contributed by atoms with Crippen LogP contribution in [0.1, 0.15) is 39.5 Å². The molecule has 0 aromatic heterocycles. The van der Waals surface area contributed by atoms with Crippen molar-refractivity contribution in [1.29, 1.82) is 0 Å². The summed E-state index contributed by atoms with van der Waals surface area (Å²) in [5.74, 6) is 1.43. The Bertz CT molecular complexity index is 530. The number of ketones is 1. The molecule has 1 aromatic carbocycles. The Labute approximate surface area is 138 Å². The zero-order valence-electron chi connectivity index (χ0n) is 13.6. The number of benzene rings is 1. The third-order valence-electron chi connectivity index (χ3n) is 4.27. The molecule has 1 unspecified atom stereocenters. The largest absolute Gasteiger partial charge is 0.298 e. The van der Waals surface area contributed by atoms with Gasteiger partial charge in [-0.3, -0.25) is 4.79 Å². The minimum Gasteiger partial charge on any atom is -0.298 e. The van der Waals surface area contributed by atoms with Gasteiger partial charge in [0.2, 0.25) is 0 Å². The highest BCUT2D eigenvalue weighted by molar-refractivity contribution is 8.00. The monoisotopic (exact) mass is 314 g/mol. The molecule has 0 spiro atoms. The van der Waals surface area contributed by atoms with Gasteiger partial charge in [0.25, 0.3) is 0 Å². The van der Waals surface area contributed by atoms with Gasteiger partial charge >= 0.3 is 0 Å². The van der Waals surface area contributed by atoms with Crippen molar-refractivity contribution >= 4 is 17.5 Å². The Hall–Kier alpha value is -1.28. The standard InChI is InChI=1S/C20H26OS/c1-15(2)17-11-9-16(3)10-14-20(19(21)13-12-17)22-18-7-5-4-6-8-18/h4-9,11,15,17,20H,3,10,12-14H2,1-2H3/b11-9-/t17-,20?/m1/s1. The molecular formula is C20H26OS. The van der Waals surface area contributed by atoms with Crippen LogP contribution in [0.15, 0.2) is 59.5 Å². The molecule has 2 rings (SSSR count). The highest BCUT2D eigenvalue weighted by Crippen LogP contribution is 2.31. The number of hydrogen-bond acceptors (Lipinski definition) is 2. The molecule has 0 heterocycles. The van der Waals surface area contributed by atoms with E-state index in [0.29, 0.717) is 24.0 Å². The van der Waals surface area contributed by atoms with Crippen molar-refractivity contribution < 1.29 is 4.79 Å². The summed E-state index contributed by atoms with van der Waals surface area (Å²) in [7, 11) is 0. The molecule has 2 atom stereocenters. The van der Waals surface area contributed by atoms with Gasteiger partial charge in [0.05, 0.1) is 5.25 Å². The molecule has 0 bridgehead atoms. The minimum atomic E-state index is 0.0541. The first-order valence-corrected chi connectivity index (χ1v) is 9.04. The van der Waals surface area contributed by atoms with Crippen molar-refractivity contribution in [2.45, 2.75) is 49.7 Å². The third kappa shape index (κ3) is 5.17. The van der Waals surface area contributed by atoms with Gasteiger partial charge in [0.1, 0.15) is 5.78 Å². The molecule has 0 N–H and O–H groups in total. The van der Waals surface area contributed by atoms with Crippen molar-refractivity contribution in [3.63, 3.8) is 0 Å². The van der Waals surface area contributed by atoms with E-state index in [9.17, 15) is 4.79 Å². The molecule has 1 aliphatic rings. The maximum Gasteiger partial charge on any atom is 0.146 e. The summed E-state index contributed by atoms with van der Waals surface area (Å²) in [6.07, 6.45) is 7.84. The zero-order valence-corrected chi connectivity index (χ0v) is 14.4. The topological polar surface area (TPSA) is 17.1 Å². The molecule has 0 fully saturated rings. The Morgan fingerprint density at radius 2 is 1.86 bits per heavy atom. The zero-order chi connectivity index (χ0) is 15.9. The first-order valence-electron chi connectivity index (χ1n) is 8.16. The Morgan fingerprint density at radius 1 is 1.14 bits per heavy atom. The smallest absolute Gasteiger partial charge is 0.146 e. The van der Waals surface area contributed by atoms with Crippen molar-refractivity contribution in [2.24, 2.45) is 11.8 Å². The number of hydrogen-bond donors (Lipinski definition) is 0. The minimum absolute atomic E-state index is 0.0541. The van der Waals surface area contributed by atoms with Gasteiger partial charge in [0, 0.05) is 11.3 Å². The van der Waals surface area contributed by atoms with E-state index in [1.807, 2.05) is 18.2 Å². The summed E-state index contributed by atoms with van der Waals surface area (Å²) < 4.78 is 0. The van der Waals surface area contributed by atoms with Crippen LogP contribution in [0.5, 0.6) is 0 Å². The normalized spacial score (nSPS) is 25.2. The second-order valence-corrected chi connectivity index (χ2v) is 7.66. The van der Waals surface area contributed by atoms with Crippen molar-refractivity contribution in [3.05, 3.63) is 54.6 Å². The molecule has 0 saturated heterocycles. The molecule has 118 valence electrons. The highest BCUT2D eigenvalue weighted by atomic mass is 32.2. The lowest BCUT2D eigenvalue weighted by molar-refractivity contribution is -0.118. The average Bonchev–Trinajstić information content (AvgIpc) is 2.51. The molecule has 0 amide bonds. The second-order valence-electron chi connectivity index (χ2n) is 6.39. The van der Waals surface area contributed by atoms with Crippen molar-refractivity contribution in [1.82, 2.24) is 0 Å². The maximum atomic E-state index is 12.6. The fourth-order valence-electron chi connectivity index (χ4n) is 2.73. The van der Waals surface area contributed by atoms with Gasteiger partial charge in [-0.2, -0.15) is 0 Å². The summed E-state index contributed by atoms with van der Waals surface area (Å²) in [5.41, 5.74) is 1.14. The summed E-state index contributed by atoms with van der Waals surface area (Å²) in [5, 5.41) is 0.0541. The van der Waals surface area contributed by atoms with Crippen LogP contribution in [0.25, 0.3) is 0 Å². The molecule has 1 aliphatic carbocycles. The van der Waals surface area contributed by atoms with Crippen LogP contribution in [0.4, 0.5) is 0 Å². The van der Waals surface area contributed by atoms with Crippen LogP contribution in [0.3, 0.4) is 0 Å². The number of allylic oxidation sites excluding steroid dienone is 3. The molecule has 0 radical (unpaired) electrons. The summed E-state index contributed by atoms with van der Waals surface area (Å²) in [4.78, 5) is 13.8. The quantitative estimate of drug-likeness (QED) is 0.714. The number of carbonyl (C=O) groups is 1. The lowest BCUT2D eigenvalue weighted by Crippen LogP contribution is -2.20. The van der Waals surface area contributed by atoms with Crippen molar-refractivity contribution in [2.75, 3.05) is 0 Å². The van der Waals surface area contributed by atoms with E-state index >= 15 is 0 Å². The summed E-state index contributed by atoms with van der Waals surface area (Å²) in [6, 6.07) is 10.2. The number of thioether (sulfide) groups is 1. The van der Waals surface area contributed by atoms with E-state index < -0.39 is 0 Å². The number of rotatable bonds is 3. The van der Waals surface area contributed by atoms with Crippen LogP contribution in [0.2, 0.25) is 0 Å². The summed E-state index contributed by atoms with van der Waals surface area (Å²) >= 11 is 1.71. The molecule has 0 saturated carbocycles. The van der Waals surface area contributed by atoms with E-state index in [1.54, 1.807) is 11.8 Å². The van der Waals surface area contributed by atoms with Gasteiger partial charge in [-0.15, -0.1) is 11.8 Å². The summed E-state index contributed by atoms with van der Waals surface area (Å²) in [6.45, 7) is 8.59. The molecule has 0 aliphatic heterocycles. The Balaban J connectivity index is 2.10. The van der Waals surface area contributed by atoms with E-state index in [0.717, 1.165) is 24.8 Å². The Morgan fingerprint density at radius 3 is 2.55 bits per heavy atom. The van der Waals surface area contributed by atoms with Crippen LogP contribution >= 0.6 is 11.8 Å². The molecule has 22 heavy (non-hydrogen) atoms. The lowest BCUT2D eigenvalue weighted by atomic mass is 9.87. The van der Waals surface area contributed by atoms with Gasteiger partial charge in [-0.25, -0.2) is 0 Å². The molecule has 2 heteroatoms. The third-order valence-corrected chi connectivity index (χ3v) is 5.60. The van der Waals surface area contributed by atoms with E-state index in [-0.39, 0.29) is 5.25 Å². The first kappa shape index (κ1) is 17.1. The van der Waals surface area contributed by atoms with E-state index in [1.165, 1.54) is 4.90 Å². The fourth-order valence-corrected chi connectivity index (χ4v) is 3.86. The number of Topliss-reactive ketones (excluding diaryl/α,β-unsaturated/α-hetero) is 1. The molecule has 1 aromatic rings. The highest BCUT2D eigenvalue weighted by Gasteiger charge is 2.22. The van der Waals surface area contributed by atoms with Gasteiger partial charge in [0.15, 0.2) is 0 Å². The lowest BCUT2D eigenvalue weighted by Gasteiger charge is -2.21. The Kier molecular flexibility index (Phi) is 6.50. The second kappa shape index (κ2) is 8.38. The van der Waals surface area contributed by atoms with Gasteiger partial charge in [-0.05, 0) is 43.2 Å². The number of carbonyl (C=O) groups excluding carboxylic acids is 1. The van der Waals surface area contributed by atoms with Crippen LogP contribution in [-0.2, 0) is 4.79 Å². The van der Waals surface area contributed by atoms with E-state index in [2.05, 4.69) is 44.7 Å². The molecule has 1 nitrogen and oxygen atoms in total. The molecular weight excluding hydrogens is 288 g/mol. The predicted octanol–water partition coefficient (Wildman–Crippen LogP) is 5.68. The average molecular weight is 314 g/mol.